The zero-order valence-corrected chi connectivity index (χ0v) is 26.5. The van der Waals surface area contributed by atoms with Crippen LogP contribution in [0.3, 0.4) is 0 Å². The lowest BCUT2D eigenvalue weighted by atomic mass is 9.85. The Morgan fingerprint density at radius 2 is 1.24 bits per heavy atom. The van der Waals surface area contributed by atoms with Crippen molar-refractivity contribution in [3.05, 3.63) is 113 Å². The zero-order valence-electron chi connectivity index (χ0n) is 26.5. The molecular weight excluding hydrogens is 572 g/mol. The van der Waals surface area contributed by atoms with Crippen molar-refractivity contribution in [3.8, 4) is 0 Å². The maximum Gasteiger partial charge on any atom is 0.353 e. The number of rotatable bonds is 12. The fourth-order valence-electron chi connectivity index (χ4n) is 4.66. The normalized spacial score (nSPS) is 12.7. The van der Waals surface area contributed by atoms with Crippen LogP contribution in [0.1, 0.15) is 87.4 Å². The number of carbonyl (C=O) groups excluding carboxylic acids is 5. The largest absolute Gasteiger partial charge is 0.457 e. The summed E-state index contributed by atoms with van der Waals surface area (Å²) in [6.07, 6.45) is -0.499. The molecule has 3 aromatic rings. The first-order valence-corrected chi connectivity index (χ1v) is 14.6. The maximum atomic E-state index is 13.6. The molecule has 9 heteroatoms. The highest BCUT2D eigenvalue weighted by Crippen LogP contribution is 2.32. The average Bonchev–Trinajstić information content (AvgIpc) is 2.97. The minimum atomic E-state index is -2.12. The van der Waals surface area contributed by atoms with Crippen molar-refractivity contribution in [2.45, 2.75) is 77.2 Å². The van der Waals surface area contributed by atoms with E-state index in [4.69, 9.17) is 9.47 Å². The van der Waals surface area contributed by atoms with E-state index in [2.05, 4.69) is 10.6 Å². The van der Waals surface area contributed by atoms with Crippen LogP contribution in [0.25, 0.3) is 0 Å². The second-order valence-corrected chi connectivity index (χ2v) is 12.6. The molecule has 1 atom stereocenters. The SMILES string of the molecule is CC(C)(C)OC(=O)C(=C=O)CC[C@](NC=O)(NC(=O)c1ccc(C(c2ccccc2)c2ccccc2)cc1)C(=O)OC(C)(C)C. The van der Waals surface area contributed by atoms with Crippen molar-refractivity contribution in [2.75, 3.05) is 0 Å². The van der Waals surface area contributed by atoms with E-state index in [0.29, 0.717) is 0 Å². The first kappa shape index (κ1) is 34.5. The van der Waals surface area contributed by atoms with E-state index >= 15 is 0 Å². The Balaban J connectivity index is 1.95. The Hall–Kier alpha value is -5.01. The summed E-state index contributed by atoms with van der Waals surface area (Å²) in [5, 5.41) is 4.97. The van der Waals surface area contributed by atoms with Crippen LogP contribution in [0.15, 0.2) is 90.5 Å². The molecule has 0 unspecified atom stereocenters. The van der Waals surface area contributed by atoms with E-state index in [0.717, 1.165) is 16.7 Å². The van der Waals surface area contributed by atoms with Crippen molar-refractivity contribution < 1.29 is 33.4 Å². The Morgan fingerprint density at radius 1 is 0.756 bits per heavy atom. The summed E-state index contributed by atoms with van der Waals surface area (Å²) in [4.78, 5) is 63.2. The average molecular weight is 613 g/mol. The minimum Gasteiger partial charge on any atom is -0.457 e. The second-order valence-electron chi connectivity index (χ2n) is 12.6. The van der Waals surface area contributed by atoms with E-state index in [1.807, 2.05) is 72.8 Å². The van der Waals surface area contributed by atoms with Crippen molar-refractivity contribution >= 4 is 30.2 Å². The van der Waals surface area contributed by atoms with E-state index in [1.165, 1.54) is 0 Å². The molecule has 0 saturated carbocycles. The molecule has 0 aliphatic heterocycles. The highest BCUT2D eigenvalue weighted by molar-refractivity contribution is 5.99. The summed E-state index contributed by atoms with van der Waals surface area (Å²) >= 11 is 0. The van der Waals surface area contributed by atoms with Gasteiger partial charge in [-0.05, 0) is 76.8 Å². The zero-order chi connectivity index (χ0) is 33.3. The minimum absolute atomic E-state index is 0.0940. The van der Waals surface area contributed by atoms with Crippen LogP contribution in [0.2, 0.25) is 0 Å². The third-order valence-corrected chi connectivity index (χ3v) is 6.67. The van der Waals surface area contributed by atoms with E-state index in [1.54, 1.807) is 59.6 Å². The summed E-state index contributed by atoms with van der Waals surface area (Å²) in [5.74, 6) is -1.11. The monoisotopic (exact) mass is 612 g/mol. The van der Waals surface area contributed by atoms with Gasteiger partial charge in [0.1, 0.15) is 22.7 Å². The quantitative estimate of drug-likeness (QED) is 0.0713. The van der Waals surface area contributed by atoms with Gasteiger partial charge in [0.25, 0.3) is 5.91 Å². The number of nitrogens with one attached hydrogen (secondary N) is 2. The van der Waals surface area contributed by atoms with E-state index in [-0.39, 0.29) is 24.3 Å². The van der Waals surface area contributed by atoms with Crippen LogP contribution in [-0.4, -0.2) is 47.1 Å². The molecular formula is C36H40N2O7. The highest BCUT2D eigenvalue weighted by atomic mass is 16.6. The Kier molecular flexibility index (Phi) is 11.2. The van der Waals surface area contributed by atoms with Gasteiger partial charge >= 0.3 is 11.9 Å². The molecule has 45 heavy (non-hydrogen) atoms. The van der Waals surface area contributed by atoms with Gasteiger partial charge in [0.05, 0.1) is 0 Å². The van der Waals surface area contributed by atoms with E-state index in [9.17, 15) is 24.0 Å². The molecule has 0 bridgehead atoms. The van der Waals surface area contributed by atoms with Crippen LogP contribution in [0, 0.1) is 0 Å². The predicted molar refractivity (Wildman–Crippen MR) is 170 cm³/mol. The van der Waals surface area contributed by atoms with Crippen molar-refractivity contribution in [3.63, 3.8) is 0 Å². The van der Waals surface area contributed by atoms with Crippen molar-refractivity contribution in [1.29, 1.82) is 0 Å². The van der Waals surface area contributed by atoms with Crippen LogP contribution < -0.4 is 10.6 Å². The summed E-state index contributed by atoms with van der Waals surface area (Å²) in [7, 11) is 0. The van der Waals surface area contributed by atoms with Crippen LogP contribution >= 0.6 is 0 Å². The Bertz CT molecular complexity index is 1490. The highest BCUT2D eigenvalue weighted by Gasteiger charge is 2.44. The topological polar surface area (TPSA) is 128 Å². The number of amides is 2. The fraction of sp³-hybridized carbons (Fsp3) is 0.333. The molecule has 3 rings (SSSR count). The molecule has 0 heterocycles. The smallest absolute Gasteiger partial charge is 0.353 e. The second kappa shape index (κ2) is 14.6. The van der Waals surface area contributed by atoms with Crippen LogP contribution in [-0.2, 0) is 28.7 Å². The van der Waals surface area contributed by atoms with Crippen LogP contribution in [0.5, 0.6) is 0 Å². The summed E-state index contributed by atoms with van der Waals surface area (Å²) in [5.41, 5.74) is -1.10. The van der Waals surface area contributed by atoms with Crippen LogP contribution in [0.4, 0.5) is 0 Å². The lowest BCUT2D eigenvalue weighted by Gasteiger charge is -2.34. The first-order valence-electron chi connectivity index (χ1n) is 14.6. The molecule has 0 saturated heterocycles. The molecule has 9 nitrogen and oxygen atoms in total. The predicted octanol–water partition coefficient (Wildman–Crippen LogP) is 5.26. The van der Waals surface area contributed by atoms with Gasteiger partial charge in [-0.2, -0.15) is 0 Å². The number of carbonyl (C=O) groups is 4. The molecule has 2 amide bonds. The Labute approximate surface area is 264 Å². The van der Waals surface area contributed by atoms with Gasteiger partial charge in [0.2, 0.25) is 12.1 Å². The molecule has 236 valence electrons. The maximum absolute atomic E-state index is 13.6. The van der Waals surface area contributed by atoms with Gasteiger partial charge in [-0.3, -0.25) is 9.59 Å². The van der Waals surface area contributed by atoms with Gasteiger partial charge in [-0.15, -0.1) is 0 Å². The first-order chi connectivity index (χ1) is 21.2. The third-order valence-electron chi connectivity index (χ3n) is 6.67. The number of benzene rings is 3. The number of esters is 2. The van der Waals surface area contributed by atoms with Gasteiger partial charge in [0, 0.05) is 17.9 Å². The molecule has 3 aromatic carbocycles. The van der Waals surface area contributed by atoms with Gasteiger partial charge < -0.3 is 20.1 Å². The lowest BCUT2D eigenvalue weighted by Crippen LogP contribution is -2.65. The molecule has 0 radical (unpaired) electrons. The molecule has 2 N–H and O–H groups in total. The lowest BCUT2D eigenvalue weighted by molar-refractivity contribution is -0.166. The van der Waals surface area contributed by atoms with Crippen molar-refractivity contribution in [1.82, 2.24) is 10.6 Å². The van der Waals surface area contributed by atoms with Gasteiger partial charge in [0.15, 0.2) is 0 Å². The number of hydrogen-bond acceptors (Lipinski definition) is 7. The summed E-state index contributed by atoms with van der Waals surface area (Å²) < 4.78 is 10.8. The summed E-state index contributed by atoms with van der Waals surface area (Å²) in [6.45, 7) is 9.80. The molecule has 0 spiro atoms. The third kappa shape index (κ3) is 9.74. The standard InChI is InChI=1S/C36H40N2O7/c1-34(2,3)44-32(42)29(23-39)21-22-36(37-24-40,33(43)45-35(4,5)6)38-31(41)28-19-17-27(18-20-28)30(25-13-9-7-10-14-25)26-15-11-8-12-16-26/h7-20,24,30H,21-22H2,1-6H3,(H,37,40)(H,38,41)/t36-/m0/s1. The number of hydrogen-bond donors (Lipinski definition) is 2. The fourth-order valence-corrected chi connectivity index (χ4v) is 4.66. The molecule has 0 aliphatic carbocycles. The molecule has 0 fully saturated rings. The summed E-state index contributed by atoms with van der Waals surface area (Å²) in [6, 6.07) is 26.9. The molecule has 0 aromatic heterocycles. The van der Waals surface area contributed by atoms with Crippen molar-refractivity contribution in [2.24, 2.45) is 0 Å². The van der Waals surface area contributed by atoms with Gasteiger partial charge in [-0.25, -0.2) is 14.4 Å². The Morgan fingerprint density at radius 3 is 1.69 bits per heavy atom. The van der Waals surface area contributed by atoms with Gasteiger partial charge in [-0.1, -0.05) is 72.8 Å². The van der Waals surface area contributed by atoms with E-state index < -0.39 is 46.7 Å². The number of ether oxygens (including phenoxy) is 2. The molecule has 0 aliphatic rings.